The molecule has 6 rings (SSSR count). The maximum absolute atomic E-state index is 17.6. The molecule has 0 aliphatic heterocycles. The minimum Gasteiger partial charge on any atom is -0.206 e. The first-order valence-electron chi connectivity index (χ1n) is 15.9. The molecule has 288 valence electrons. The summed E-state index contributed by atoms with van der Waals surface area (Å²) in [5.41, 5.74) is -17.5. The molecule has 2 aliphatic rings. The molecule has 0 atom stereocenters. The Balaban J connectivity index is 1.89. The van der Waals surface area contributed by atoms with Crippen LogP contribution in [0, 0.1) is 85.4 Å². The monoisotopic (exact) mass is 814 g/mol. The Labute approximate surface area is 322 Å². The summed E-state index contributed by atoms with van der Waals surface area (Å²) in [6.45, 7) is 0. The quantitative estimate of drug-likeness (QED) is 0.149. The lowest BCUT2D eigenvalue weighted by atomic mass is 9.81. The van der Waals surface area contributed by atoms with E-state index in [-0.39, 0.29) is 24.3 Å². The molecule has 0 spiro atoms. The SMILES string of the molecule is N#CC(C#N)=C1C(c2ccc(C(F)(F)F)c(F)c2)=C(C#N)c2c(F)c3c(c(-c4ccc(C(F)(F)F)cc4)c21)C(=C(C#N)C#N)C(c1ccc(C(F)(F)F)c(F)c1)=C3C#N. The van der Waals surface area contributed by atoms with Crippen LogP contribution in [0.15, 0.2) is 71.8 Å². The van der Waals surface area contributed by atoms with Crippen LogP contribution in [0.5, 0.6) is 0 Å². The predicted molar refractivity (Wildman–Crippen MR) is 181 cm³/mol. The van der Waals surface area contributed by atoms with Crippen molar-refractivity contribution in [3.05, 3.63) is 139 Å². The lowest BCUT2D eigenvalue weighted by molar-refractivity contribution is -0.140. The Morgan fingerprint density at radius 3 is 1.07 bits per heavy atom. The van der Waals surface area contributed by atoms with E-state index in [0.29, 0.717) is 24.3 Å². The van der Waals surface area contributed by atoms with Crippen molar-refractivity contribution < 1.29 is 52.7 Å². The van der Waals surface area contributed by atoms with Gasteiger partial charge in [-0.05, 0) is 58.7 Å². The van der Waals surface area contributed by atoms with E-state index in [4.69, 9.17) is 0 Å². The van der Waals surface area contributed by atoms with E-state index < -0.39 is 142 Å². The highest BCUT2D eigenvalue weighted by Gasteiger charge is 2.45. The second kappa shape index (κ2) is 14.2. The molecule has 4 aromatic carbocycles. The van der Waals surface area contributed by atoms with E-state index in [2.05, 4.69) is 0 Å². The van der Waals surface area contributed by atoms with Crippen LogP contribution in [-0.4, -0.2) is 0 Å². The van der Waals surface area contributed by atoms with Gasteiger partial charge in [0.2, 0.25) is 0 Å². The Morgan fingerprint density at radius 1 is 0.424 bits per heavy atom. The average Bonchev–Trinajstić information content (AvgIpc) is 3.69. The number of nitriles is 6. The fourth-order valence-electron chi connectivity index (χ4n) is 6.93. The van der Waals surface area contributed by atoms with Crippen molar-refractivity contribution in [2.45, 2.75) is 18.5 Å². The van der Waals surface area contributed by atoms with Gasteiger partial charge in [0.05, 0.1) is 27.8 Å². The summed E-state index contributed by atoms with van der Waals surface area (Å²) in [4.78, 5) is 0. The van der Waals surface area contributed by atoms with Crippen LogP contribution in [0.25, 0.3) is 44.6 Å². The zero-order chi connectivity index (χ0) is 43.5. The van der Waals surface area contributed by atoms with Gasteiger partial charge in [-0.25, -0.2) is 13.2 Å². The summed E-state index contributed by atoms with van der Waals surface area (Å²) in [6, 6.07) is 13.8. The minimum atomic E-state index is -5.25. The van der Waals surface area contributed by atoms with Gasteiger partial charge in [0.25, 0.3) is 0 Å². The van der Waals surface area contributed by atoms with Gasteiger partial charge in [0.15, 0.2) is 0 Å². The minimum absolute atomic E-state index is 0.234. The van der Waals surface area contributed by atoms with E-state index >= 15 is 13.2 Å². The van der Waals surface area contributed by atoms with Gasteiger partial charge in [0.1, 0.15) is 65.0 Å². The van der Waals surface area contributed by atoms with Crippen LogP contribution < -0.4 is 0 Å². The fraction of sp³-hybridized carbons (Fsp3) is 0.0732. The van der Waals surface area contributed by atoms with Gasteiger partial charge in [-0.2, -0.15) is 71.1 Å². The Bertz CT molecular complexity index is 2770. The number of rotatable bonds is 3. The molecule has 4 aromatic rings. The normalized spacial score (nSPS) is 13.5. The van der Waals surface area contributed by atoms with Crippen molar-refractivity contribution in [1.82, 2.24) is 0 Å². The van der Waals surface area contributed by atoms with Crippen LogP contribution in [0.3, 0.4) is 0 Å². The Hall–Kier alpha value is -8.06. The van der Waals surface area contributed by atoms with Crippen LogP contribution in [-0.2, 0) is 18.5 Å². The highest BCUT2D eigenvalue weighted by atomic mass is 19.4. The highest BCUT2D eigenvalue weighted by Crippen LogP contribution is 2.60. The topological polar surface area (TPSA) is 143 Å². The largest absolute Gasteiger partial charge is 0.419 e. The van der Waals surface area contributed by atoms with Gasteiger partial charge >= 0.3 is 18.5 Å². The molecule has 0 heterocycles. The zero-order valence-electron chi connectivity index (χ0n) is 28.5. The van der Waals surface area contributed by atoms with Crippen molar-refractivity contribution in [3.63, 3.8) is 0 Å². The summed E-state index contributed by atoms with van der Waals surface area (Å²) in [6.07, 6.45) is -15.5. The Morgan fingerprint density at radius 2 is 0.780 bits per heavy atom. The van der Waals surface area contributed by atoms with Crippen molar-refractivity contribution in [2.75, 3.05) is 0 Å². The number of benzene rings is 4. The molecule has 0 unspecified atom stereocenters. The third-order valence-electron chi connectivity index (χ3n) is 9.24. The van der Waals surface area contributed by atoms with Crippen LogP contribution >= 0.6 is 0 Å². The molecule has 0 N–H and O–H groups in total. The summed E-state index contributed by atoms with van der Waals surface area (Å²) >= 11 is 0. The second-order valence-electron chi connectivity index (χ2n) is 12.3. The molecule has 0 aromatic heterocycles. The van der Waals surface area contributed by atoms with Crippen molar-refractivity contribution in [3.8, 4) is 47.5 Å². The first-order valence-corrected chi connectivity index (χ1v) is 15.9. The number of hydrogen-bond acceptors (Lipinski definition) is 6. The van der Waals surface area contributed by atoms with Crippen LogP contribution in [0.4, 0.5) is 52.7 Å². The first kappa shape index (κ1) is 40.6. The lowest BCUT2D eigenvalue weighted by Crippen LogP contribution is -2.08. The highest BCUT2D eigenvalue weighted by molar-refractivity contribution is 6.33. The average molecular weight is 815 g/mol. The summed E-state index contributed by atoms with van der Waals surface area (Å²) in [5, 5.41) is 61.6. The molecule has 0 fully saturated rings. The van der Waals surface area contributed by atoms with E-state index in [1.54, 1.807) is 12.1 Å². The number of halogens is 12. The van der Waals surface area contributed by atoms with Gasteiger partial charge in [-0.1, -0.05) is 24.3 Å². The Kier molecular flexibility index (Phi) is 9.74. The van der Waals surface area contributed by atoms with Crippen molar-refractivity contribution in [2.24, 2.45) is 0 Å². The molecule has 0 saturated heterocycles. The van der Waals surface area contributed by atoms with Crippen LogP contribution in [0.1, 0.15) is 50.1 Å². The smallest absolute Gasteiger partial charge is 0.206 e. The summed E-state index contributed by atoms with van der Waals surface area (Å²) in [5.74, 6) is -5.51. The molecule has 59 heavy (non-hydrogen) atoms. The van der Waals surface area contributed by atoms with E-state index in [9.17, 15) is 71.1 Å². The second-order valence-corrected chi connectivity index (χ2v) is 12.3. The number of alkyl halides is 9. The molecule has 6 nitrogen and oxygen atoms in total. The third kappa shape index (κ3) is 6.40. The standard InChI is InChI=1S/C41H10F12N6/c42-27-9-18(3-7-25(27)40(48,49)50)29-23(15-58)34-36(32(29)20(11-54)12-55)31(17-1-5-22(6-2-17)39(45,46)47)37-33(21(13-56)14-57)30(24(16-59)35(37)38(34)44)19-4-8-26(28(43)10-19)41(51,52)53/h1-10H. The summed E-state index contributed by atoms with van der Waals surface area (Å²) < 4.78 is 171. The number of nitrogens with zero attached hydrogens (tertiary/aromatic N) is 6. The molecular formula is C41H10F12N6. The molecule has 18 heteroatoms. The van der Waals surface area contributed by atoms with Crippen molar-refractivity contribution >= 4 is 33.4 Å². The zero-order valence-corrected chi connectivity index (χ0v) is 28.5. The van der Waals surface area contributed by atoms with Gasteiger partial charge in [-0.15, -0.1) is 0 Å². The van der Waals surface area contributed by atoms with E-state index in [0.717, 1.165) is 12.1 Å². The van der Waals surface area contributed by atoms with Crippen LogP contribution in [0.2, 0.25) is 0 Å². The van der Waals surface area contributed by atoms with Gasteiger partial charge < -0.3 is 0 Å². The molecule has 0 amide bonds. The fourth-order valence-corrected chi connectivity index (χ4v) is 6.93. The lowest BCUT2D eigenvalue weighted by Gasteiger charge is -2.21. The number of allylic oxidation sites excluding steroid dienone is 8. The molecule has 0 bridgehead atoms. The van der Waals surface area contributed by atoms with Crippen molar-refractivity contribution in [1.29, 1.82) is 31.6 Å². The van der Waals surface area contributed by atoms with Gasteiger partial charge in [0, 0.05) is 44.5 Å². The number of fused-ring (bicyclic) bond motifs is 2. The molecular weight excluding hydrogens is 804 g/mol. The first-order chi connectivity index (χ1) is 27.7. The maximum atomic E-state index is 17.6. The molecule has 0 saturated carbocycles. The third-order valence-corrected chi connectivity index (χ3v) is 9.24. The maximum Gasteiger partial charge on any atom is 0.419 e. The predicted octanol–water partition coefficient (Wildman–Crippen LogP) is 11.3. The van der Waals surface area contributed by atoms with E-state index in [1.165, 1.54) is 24.3 Å². The summed E-state index contributed by atoms with van der Waals surface area (Å²) in [7, 11) is 0. The van der Waals surface area contributed by atoms with Gasteiger partial charge in [-0.3, -0.25) is 0 Å². The van der Waals surface area contributed by atoms with E-state index in [1.807, 2.05) is 0 Å². The molecule has 2 aliphatic carbocycles. The molecule has 0 radical (unpaired) electrons. The number of hydrogen-bond donors (Lipinski definition) is 0.